The number of hydrogen-bond donors (Lipinski definition) is 2. The van der Waals surface area contributed by atoms with Gasteiger partial charge < -0.3 is 15.8 Å². The number of nitrogens with two attached hydrogens (primary N) is 1. The van der Waals surface area contributed by atoms with Crippen LogP contribution in [-0.4, -0.2) is 28.4 Å². The molecule has 0 aliphatic rings. The molecule has 0 saturated heterocycles. The van der Waals surface area contributed by atoms with E-state index in [4.69, 9.17) is 10.5 Å². The molecule has 0 bridgehead atoms. The van der Waals surface area contributed by atoms with Crippen molar-refractivity contribution in [2.75, 3.05) is 24.7 Å². The van der Waals surface area contributed by atoms with Crippen molar-refractivity contribution in [3.63, 3.8) is 0 Å². The van der Waals surface area contributed by atoms with Gasteiger partial charge in [-0.1, -0.05) is 0 Å². The Balaban J connectivity index is 1.85. The minimum Gasteiger partial charge on any atom is -0.481 e. The predicted molar refractivity (Wildman–Crippen MR) is 80.0 cm³/mol. The fraction of sp³-hybridized carbons (Fsp3) is 0.429. The molecule has 0 atom stereocenters. The van der Waals surface area contributed by atoms with Gasteiger partial charge in [-0.05, 0) is 32.4 Å². The summed E-state index contributed by atoms with van der Waals surface area (Å²) in [6.07, 6.45) is 0.945. The molecule has 6 heteroatoms. The number of nitrogens with one attached hydrogen (secondary N) is 1. The number of methoxy groups -OCH3 is 1. The van der Waals surface area contributed by atoms with Gasteiger partial charge in [0.25, 0.3) is 0 Å². The molecule has 20 heavy (non-hydrogen) atoms. The summed E-state index contributed by atoms with van der Waals surface area (Å²) in [4.78, 5) is 4.28. The fourth-order valence-corrected chi connectivity index (χ4v) is 2.04. The molecule has 2 aromatic rings. The van der Waals surface area contributed by atoms with Gasteiger partial charge in [0, 0.05) is 24.8 Å². The van der Waals surface area contributed by atoms with Crippen molar-refractivity contribution >= 4 is 11.5 Å². The maximum absolute atomic E-state index is 5.87. The Labute approximate surface area is 119 Å². The molecule has 0 unspecified atom stereocenters. The lowest BCUT2D eigenvalue weighted by Crippen LogP contribution is -2.11. The SMILES string of the molecule is COc1ccc(N)c(NCCCn2nc(C)cc2C)n1. The number of aryl methyl sites for hydroxylation is 3. The highest BCUT2D eigenvalue weighted by Gasteiger charge is 2.04. The number of aromatic nitrogens is 3. The molecule has 2 rings (SSSR count). The van der Waals surface area contributed by atoms with Crippen molar-refractivity contribution in [3.05, 3.63) is 29.6 Å². The number of nitrogens with zero attached hydrogens (tertiary/aromatic N) is 3. The molecule has 108 valence electrons. The lowest BCUT2D eigenvalue weighted by molar-refractivity contribution is 0.398. The second-order valence-corrected chi connectivity index (χ2v) is 4.72. The third-order valence-corrected chi connectivity index (χ3v) is 3.05. The molecule has 2 aromatic heterocycles. The molecule has 0 radical (unpaired) electrons. The standard InChI is InChI=1S/C14H21N5O/c1-10-9-11(2)19(18-10)8-4-7-16-14-12(15)5-6-13(17-14)20-3/h5-6,9H,4,7-8,15H2,1-3H3,(H,16,17). The molecule has 0 aromatic carbocycles. The average molecular weight is 275 g/mol. The van der Waals surface area contributed by atoms with Gasteiger partial charge in [-0.2, -0.15) is 10.1 Å². The van der Waals surface area contributed by atoms with Crippen LogP contribution in [-0.2, 0) is 6.54 Å². The van der Waals surface area contributed by atoms with Crippen molar-refractivity contribution in [3.8, 4) is 5.88 Å². The Kier molecular flexibility index (Phi) is 4.45. The van der Waals surface area contributed by atoms with E-state index in [2.05, 4.69) is 28.4 Å². The lowest BCUT2D eigenvalue weighted by atomic mass is 10.3. The Morgan fingerprint density at radius 3 is 2.80 bits per heavy atom. The van der Waals surface area contributed by atoms with Crippen LogP contribution in [0.5, 0.6) is 5.88 Å². The Bertz CT molecular complexity index is 579. The normalized spacial score (nSPS) is 10.6. The topological polar surface area (TPSA) is 78.0 Å². The molecule has 0 amide bonds. The molecule has 0 aliphatic carbocycles. The minimum atomic E-state index is 0.556. The second-order valence-electron chi connectivity index (χ2n) is 4.72. The Hall–Kier alpha value is -2.24. The first-order valence-electron chi connectivity index (χ1n) is 6.65. The maximum atomic E-state index is 5.87. The van der Waals surface area contributed by atoms with Crippen LogP contribution < -0.4 is 15.8 Å². The summed E-state index contributed by atoms with van der Waals surface area (Å²) in [6, 6.07) is 5.61. The fourth-order valence-electron chi connectivity index (χ4n) is 2.04. The summed E-state index contributed by atoms with van der Waals surface area (Å²) in [6.45, 7) is 5.72. The number of pyridine rings is 1. The molecule has 0 saturated carbocycles. The van der Waals surface area contributed by atoms with E-state index in [1.54, 1.807) is 19.2 Å². The molecule has 3 N–H and O–H groups in total. The van der Waals surface area contributed by atoms with Gasteiger partial charge in [0.15, 0.2) is 5.82 Å². The van der Waals surface area contributed by atoms with Crippen molar-refractivity contribution in [1.29, 1.82) is 0 Å². The van der Waals surface area contributed by atoms with Crippen molar-refractivity contribution in [1.82, 2.24) is 14.8 Å². The van der Waals surface area contributed by atoms with Gasteiger partial charge >= 0.3 is 0 Å². The van der Waals surface area contributed by atoms with E-state index in [1.165, 1.54) is 5.69 Å². The summed E-state index contributed by atoms with van der Waals surface area (Å²) < 4.78 is 7.10. The van der Waals surface area contributed by atoms with E-state index < -0.39 is 0 Å². The van der Waals surface area contributed by atoms with Gasteiger partial charge in [0.05, 0.1) is 18.5 Å². The molecular weight excluding hydrogens is 254 g/mol. The summed E-state index contributed by atoms with van der Waals surface area (Å²) in [5, 5.41) is 7.66. The van der Waals surface area contributed by atoms with Crippen LogP contribution in [0, 0.1) is 13.8 Å². The van der Waals surface area contributed by atoms with Gasteiger partial charge in [0.1, 0.15) is 0 Å². The van der Waals surface area contributed by atoms with Crippen molar-refractivity contribution in [2.45, 2.75) is 26.8 Å². The van der Waals surface area contributed by atoms with E-state index in [-0.39, 0.29) is 0 Å². The van der Waals surface area contributed by atoms with Gasteiger partial charge in [-0.15, -0.1) is 0 Å². The maximum Gasteiger partial charge on any atom is 0.215 e. The molecule has 0 fully saturated rings. The molecular formula is C14H21N5O. The number of hydrogen-bond acceptors (Lipinski definition) is 5. The highest BCUT2D eigenvalue weighted by atomic mass is 16.5. The van der Waals surface area contributed by atoms with Gasteiger partial charge in [-0.25, -0.2) is 0 Å². The molecule has 2 heterocycles. The monoisotopic (exact) mass is 275 g/mol. The summed E-state index contributed by atoms with van der Waals surface area (Å²) >= 11 is 0. The lowest BCUT2D eigenvalue weighted by Gasteiger charge is -2.10. The molecule has 6 nitrogen and oxygen atoms in total. The third-order valence-electron chi connectivity index (χ3n) is 3.05. The average Bonchev–Trinajstić information content (AvgIpc) is 2.75. The van der Waals surface area contributed by atoms with Crippen molar-refractivity contribution in [2.24, 2.45) is 0 Å². The highest BCUT2D eigenvalue weighted by Crippen LogP contribution is 2.19. The first-order chi connectivity index (χ1) is 9.60. The van der Waals surface area contributed by atoms with Crippen LogP contribution in [0.15, 0.2) is 18.2 Å². The number of anilines is 2. The largest absolute Gasteiger partial charge is 0.481 e. The van der Waals surface area contributed by atoms with E-state index >= 15 is 0 Å². The van der Waals surface area contributed by atoms with Crippen LogP contribution in [0.3, 0.4) is 0 Å². The van der Waals surface area contributed by atoms with E-state index in [1.807, 2.05) is 11.6 Å². The van der Waals surface area contributed by atoms with Crippen molar-refractivity contribution < 1.29 is 4.74 Å². The summed E-state index contributed by atoms with van der Waals surface area (Å²) in [7, 11) is 1.59. The van der Waals surface area contributed by atoms with E-state index in [0.717, 1.165) is 25.2 Å². The second kappa shape index (κ2) is 6.27. The van der Waals surface area contributed by atoms with Crippen LogP contribution in [0.4, 0.5) is 11.5 Å². The van der Waals surface area contributed by atoms with Gasteiger partial charge in [-0.3, -0.25) is 4.68 Å². The smallest absolute Gasteiger partial charge is 0.215 e. The predicted octanol–water partition coefficient (Wildman–Crippen LogP) is 1.99. The third kappa shape index (κ3) is 3.40. The molecule has 0 aliphatic heterocycles. The van der Waals surface area contributed by atoms with Crippen LogP contribution in [0.25, 0.3) is 0 Å². The zero-order valence-electron chi connectivity index (χ0n) is 12.2. The highest BCUT2D eigenvalue weighted by molar-refractivity contribution is 5.61. The summed E-state index contributed by atoms with van der Waals surface area (Å²) in [5.74, 6) is 1.22. The minimum absolute atomic E-state index is 0.556. The first kappa shape index (κ1) is 14.2. The molecule has 0 spiro atoms. The summed E-state index contributed by atoms with van der Waals surface area (Å²) in [5.41, 5.74) is 8.72. The first-order valence-corrected chi connectivity index (χ1v) is 6.65. The zero-order chi connectivity index (χ0) is 14.5. The quantitative estimate of drug-likeness (QED) is 0.788. The van der Waals surface area contributed by atoms with Crippen LogP contribution in [0.2, 0.25) is 0 Å². The number of nitrogen functional groups attached to an aromatic ring is 1. The Morgan fingerprint density at radius 2 is 2.15 bits per heavy atom. The number of rotatable bonds is 6. The number of ether oxygens (including phenoxy) is 1. The van der Waals surface area contributed by atoms with Crippen LogP contribution >= 0.6 is 0 Å². The van der Waals surface area contributed by atoms with Crippen LogP contribution in [0.1, 0.15) is 17.8 Å². The zero-order valence-corrected chi connectivity index (χ0v) is 12.2. The van der Waals surface area contributed by atoms with E-state index in [9.17, 15) is 0 Å². The van der Waals surface area contributed by atoms with Gasteiger partial charge in [0.2, 0.25) is 5.88 Å². The Morgan fingerprint density at radius 1 is 1.35 bits per heavy atom. The van der Waals surface area contributed by atoms with E-state index in [0.29, 0.717) is 17.4 Å².